The van der Waals surface area contributed by atoms with Gasteiger partial charge in [-0.1, -0.05) is 30.3 Å². The highest BCUT2D eigenvalue weighted by Crippen LogP contribution is 2.30. The number of para-hydroxylation sites is 3. The molecule has 3 nitrogen and oxygen atoms in total. The lowest BCUT2D eigenvalue weighted by molar-refractivity contribution is 0.468. The molecule has 3 heteroatoms. The number of ether oxygens (including phenoxy) is 1. The van der Waals surface area contributed by atoms with Gasteiger partial charge in [0.1, 0.15) is 5.75 Å². The Bertz CT molecular complexity index is 536. The third-order valence-corrected chi connectivity index (χ3v) is 3.51. The third-order valence-electron chi connectivity index (χ3n) is 3.51. The lowest BCUT2D eigenvalue weighted by Crippen LogP contribution is -2.38. The summed E-state index contributed by atoms with van der Waals surface area (Å²) in [6.45, 7) is 2.14. The summed E-state index contributed by atoms with van der Waals surface area (Å²) in [5.41, 5.74) is 1.06. The summed E-state index contributed by atoms with van der Waals surface area (Å²) in [6.07, 6.45) is 2.42. The maximum atomic E-state index is 5.97. The largest absolute Gasteiger partial charge is 0.455 e. The third kappa shape index (κ3) is 3.31. The zero-order chi connectivity index (χ0) is 13.6. The molecule has 0 amide bonds. The SMILES string of the molecule is c1ccc(Oc2ccccc2NC2CCCNC2)cc1. The molecule has 1 heterocycles. The van der Waals surface area contributed by atoms with Crippen molar-refractivity contribution >= 4 is 5.69 Å². The Labute approximate surface area is 120 Å². The van der Waals surface area contributed by atoms with Crippen LogP contribution in [0.3, 0.4) is 0 Å². The van der Waals surface area contributed by atoms with E-state index < -0.39 is 0 Å². The molecule has 2 N–H and O–H groups in total. The number of anilines is 1. The highest BCUT2D eigenvalue weighted by atomic mass is 16.5. The van der Waals surface area contributed by atoms with Gasteiger partial charge in [-0.05, 0) is 43.7 Å². The Morgan fingerprint density at radius 3 is 2.60 bits per heavy atom. The Morgan fingerprint density at radius 2 is 1.80 bits per heavy atom. The maximum Gasteiger partial charge on any atom is 0.150 e. The predicted molar refractivity (Wildman–Crippen MR) is 82.5 cm³/mol. The Kier molecular flexibility index (Phi) is 4.19. The van der Waals surface area contributed by atoms with Gasteiger partial charge in [0.15, 0.2) is 5.75 Å². The van der Waals surface area contributed by atoms with Gasteiger partial charge in [0.2, 0.25) is 0 Å². The second kappa shape index (κ2) is 6.44. The molecule has 1 unspecified atom stereocenters. The van der Waals surface area contributed by atoms with E-state index in [0.29, 0.717) is 6.04 Å². The standard InChI is InChI=1S/C17H20N2O/c1-2-8-15(9-3-1)20-17-11-5-4-10-16(17)19-14-7-6-12-18-13-14/h1-5,8-11,14,18-19H,6-7,12-13H2. The predicted octanol–water partition coefficient (Wildman–Crippen LogP) is 3.64. The zero-order valence-electron chi connectivity index (χ0n) is 11.5. The summed E-state index contributed by atoms with van der Waals surface area (Å²) >= 11 is 0. The molecule has 2 aromatic rings. The summed E-state index contributed by atoms with van der Waals surface area (Å²) in [6, 6.07) is 18.5. The Morgan fingerprint density at radius 1 is 1.00 bits per heavy atom. The quantitative estimate of drug-likeness (QED) is 0.888. The maximum absolute atomic E-state index is 5.97. The number of hydrogen-bond acceptors (Lipinski definition) is 3. The van der Waals surface area contributed by atoms with Crippen LogP contribution in [0.2, 0.25) is 0 Å². The second-order valence-electron chi connectivity index (χ2n) is 5.10. The fraction of sp³-hybridized carbons (Fsp3) is 0.294. The molecule has 0 saturated carbocycles. The highest BCUT2D eigenvalue weighted by molar-refractivity contribution is 5.58. The lowest BCUT2D eigenvalue weighted by atomic mass is 10.1. The lowest BCUT2D eigenvalue weighted by Gasteiger charge is -2.25. The van der Waals surface area contributed by atoms with Crippen LogP contribution in [0, 0.1) is 0 Å². The van der Waals surface area contributed by atoms with Crippen molar-refractivity contribution < 1.29 is 4.74 Å². The van der Waals surface area contributed by atoms with Gasteiger partial charge in [0.25, 0.3) is 0 Å². The normalized spacial score (nSPS) is 18.5. The van der Waals surface area contributed by atoms with Gasteiger partial charge >= 0.3 is 0 Å². The van der Waals surface area contributed by atoms with E-state index in [1.54, 1.807) is 0 Å². The average molecular weight is 268 g/mol. The van der Waals surface area contributed by atoms with Crippen LogP contribution in [0.5, 0.6) is 11.5 Å². The van der Waals surface area contributed by atoms with E-state index in [-0.39, 0.29) is 0 Å². The van der Waals surface area contributed by atoms with Crippen molar-refractivity contribution in [2.45, 2.75) is 18.9 Å². The molecule has 0 spiro atoms. The van der Waals surface area contributed by atoms with E-state index in [9.17, 15) is 0 Å². The molecule has 0 bridgehead atoms. The molecular weight excluding hydrogens is 248 g/mol. The number of rotatable bonds is 4. The van der Waals surface area contributed by atoms with Crippen molar-refractivity contribution in [1.29, 1.82) is 0 Å². The van der Waals surface area contributed by atoms with E-state index >= 15 is 0 Å². The minimum absolute atomic E-state index is 0.476. The summed E-state index contributed by atoms with van der Waals surface area (Å²) in [7, 11) is 0. The number of nitrogens with one attached hydrogen (secondary N) is 2. The molecule has 0 aliphatic carbocycles. The molecule has 20 heavy (non-hydrogen) atoms. The minimum Gasteiger partial charge on any atom is -0.455 e. The van der Waals surface area contributed by atoms with Gasteiger partial charge in [0.05, 0.1) is 5.69 Å². The molecule has 0 radical (unpaired) electrons. The van der Waals surface area contributed by atoms with E-state index in [1.807, 2.05) is 48.5 Å². The van der Waals surface area contributed by atoms with Gasteiger partial charge in [-0.15, -0.1) is 0 Å². The van der Waals surface area contributed by atoms with Crippen LogP contribution >= 0.6 is 0 Å². The van der Waals surface area contributed by atoms with Crippen LogP contribution in [0.4, 0.5) is 5.69 Å². The van der Waals surface area contributed by atoms with Crippen molar-refractivity contribution in [2.75, 3.05) is 18.4 Å². The van der Waals surface area contributed by atoms with Gasteiger partial charge in [-0.2, -0.15) is 0 Å². The highest BCUT2D eigenvalue weighted by Gasteiger charge is 2.14. The molecule has 104 valence electrons. The molecule has 1 saturated heterocycles. The molecular formula is C17H20N2O. The van der Waals surface area contributed by atoms with Gasteiger partial charge in [-0.25, -0.2) is 0 Å². The molecule has 3 rings (SSSR count). The summed E-state index contributed by atoms with van der Waals surface area (Å²) in [4.78, 5) is 0. The topological polar surface area (TPSA) is 33.3 Å². The summed E-state index contributed by atoms with van der Waals surface area (Å²) in [5.74, 6) is 1.74. The van der Waals surface area contributed by atoms with E-state index in [0.717, 1.165) is 30.3 Å². The van der Waals surface area contributed by atoms with Crippen LogP contribution in [0.25, 0.3) is 0 Å². The molecule has 1 aliphatic rings. The summed E-state index contributed by atoms with van der Waals surface area (Å²) in [5, 5.41) is 7.00. The first-order valence-electron chi connectivity index (χ1n) is 7.21. The average Bonchev–Trinajstić information content (AvgIpc) is 2.51. The van der Waals surface area contributed by atoms with Crippen LogP contribution in [-0.4, -0.2) is 19.1 Å². The van der Waals surface area contributed by atoms with E-state index in [2.05, 4.69) is 16.7 Å². The Balaban J connectivity index is 1.74. The Hall–Kier alpha value is -2.00. The van der Waals surface area contributed by atoms with Crippen molar-refractivity contribution in [3.8, 4) is 11.5 Å². The smallest absolute Gasteiger partial charge is 0.150 e. The van der Waals surface area contributed by atoms with Crippen molar-refractivity contribution in [1.82, 2.24) is 5.32 Å². The second-order valence-corrected chi connectivity index (χ2v) is 5.10. The van der Waals surface area contributed by atoms with Crippen LogP contribution in [0.1, 0.15) is 12.8 Å². The van der Waals surface area contributed by atoms with Gasteiger partial charge in [0, 0.05) is 12.6 Å². The molecule has 1 fully saturated rings. The summed E-state index contributed by atoms with van der Waals surface area (Å²) < 4.78 is 5.97. The monoisotopic (exact) mass is 268 g/mol. The molecule has 1 atom stereocenters. The van der Waals surface area contributed by atoms with Crippen molar-refractivity contribution in [3.63, 3.8) is 0 Å². The number of piperidine rings is 1. The van der Waals surface area contributed by atoms with E-state index in [4.69, 9.17) is 4.74 Å². The fourth-order valence-electron chi connectivity index (χ4n) is 2.49. The van der Waals surface area contributed by atoms with Crippen LogP contribution < -0.4 is 15.4 Å². The van der Waals surface area contributed by atoms with Crippen LogP contribution in [0.15, 0.2) is 54.6 Å². The molecule has 2 aromatic carbocycles. The first-order chi connectivity index (χ1) is 9.92. The number of hydrogen-bond donors (Lipinski definition) is 2. The van der Waals surface area contributed by atoms with Gasteiger partial charge < -0.3 is 15.4 Å². The van der Waals surface area contributed by atoms with Crippen LogP contribution in [-0.2, 0) is 0 Å². The van der Waals surface area contributed by atoms with Gasteiger partial charge in [-0.3, -0.25) is 0 Å². The molecule has 1 aliphatic heterocycles. The zero-order valence-corrected chi connectivity index (χ0v) is 11.5. The first-order valence-corrected chi connectivity index (χ1v) is 7.21. The van der Waals surface area contributed by atoms with E-state index in [1.165, 1.54) is 12.8 Å². The van der Waals surface area contributed by atoms with Crippen molar-refractivity contribution in [3.05, 3.63) is 54.6 Å². The number of benzene rings is 2. The molecule has 0 aromatic heterocycles. The fourth-order valence-corrected chi connectivity index (χ4v) is 2.49. The van der Waals surface area contributed by atoms with Crippen molar-refractivity contribution in [2.24, 2.45) is 0 Å². The first kappa shape index (κ1) is 13.0. The minimum atomic E-state index is 0.476.